The van der Waals surface area contributed by atoms with Gasteiger partial charge in [-0.15, -0.1) is 0 Å². The molecule has 2 aromatic rings. The zero-order chi connectivity index (χ0) is 15.9. The van der Waals surface area contributed by atoms with Crippen molar-refractivity contribution in [2.45, 2.75) is 23.8 Å². The molecule has 3 rings (SSSR count). The van der Waals surface area contributed by atoms with Gasteiger partial charge in [0.2, 0.25) is 10.0 Å². The van der Waals surface area contributed by atoms with Gasteiger partial charge in [-0.25, -0.2) is 8.42 Å². The molecule has 1 saturated heterocycles. The lowest BCUT2D eigenvalue weighted by atomic mass is 10.1. The van der Waals surface area contributed by atoms with Crippen LogP contribution < -0.4 is 0 Å². The molecule has 0 saturated carbocycles. The van der Waals surface area contributed by atoms with Crippen LogP contribution in [0.3, 0.4) is 0 Å². The van der Waals surface area contributed by atoms with Gasteiger partial charge in [0.25, 0.3) is 0 Å². The van der Waals surface area contributed by atoms with Crippen molar-refractivity contribution in [2.75, 3.05) is 6.54 Å². The Kier molecular flexibility index (Phi) is 4.25. The summed E-state index contributed by atoms with van der Waals surface area (Å²) < 4.78 is 29.5. The van der Waals surface area contributed by atoms with Crippen LogP contribution in [-0.2, 0) is 17.1 Å². The average molecular weight is 359 g/mol. The number of hydrogen-bond acceptors (Lipinski definition) is 2. The normalized spacial score (nSPS) is 19.7. The molecule has 1 aliphatic heterocycles. The van der Waals surface area contributed by atoms with Gasteiger partial charge < -0.3 is 4.57 Å². The van der Waals surface area contributed by atoms with E-state index in [1.807, 2.05) is 29.9 Å². The summed E-state index contributed by atoms with van der Waals surface area (Å²) in [7, 11) is -1.76. The van der Waals surface area contributed by atoms with Crippen molar-refractivity contribution < 1.29 is 8.42 Å². The van der Waals surface area contributed by atoms with E-state index in [0.717, 1.165) is 18.5 Å². The van der Waals surface area contributed by atoms with Gasteiger partial charge in [0.05, 0.1) is 16.1 Å². The Bertz CT molecular complexity index is 802. The Morgan fingerprint density at radius 1 is 1.18 bits per heavy atom. The highest BCUT2D eigenvalue weighted by Gasteiger charge is 2.38. The van der Waals surface area contributed by atoms with Crippen molar-refractivity contribution in [1.29, 1.82) is 0 Å². The summed E-state index contributed by atoms with van der Waals surface area (Å²) in [4.78, 5) is 0.0720. The fraction of sp³-hybridized carbons (Fsp3) is 0.333. The van der Waals surface area contributed by atoms with Crippen molar-refractivity contribution in [3.63, 3.8) is 0 Å². The largest absolute Gasteiger partial charge is 0.353 e. The lowest BCUT2D eigenvalue weighted by Crippen LogP contribution is -2.31. The first kappa shape index (κ1) is 15.9. The molecule has 118 valence electrons. The van der Waals surface area contributed by atoms with Gasteiger partial charge in [-0.2, -0.15) is 4.31 Å². The highest BCUT2D eigenvalue weighted by atomic mass is 35.5. The minimum atomic E-state index is -3.68. The molecule has 0 bridgehead atoms. The minimum Gasteiger partial charge on any atom is -0.353 e. The molecule has 0 spiro atoms. The number of aryl methyl sites for hydroxylation is 1. The molecule has 1 fully saturated rings. The van der Waals surface area contributed by atoms with Crippen LogP contribution in [0.25, 0.3) is 0 Å². The van der Waals surface area contributed by atoms with Crippen molar-refractivity contribution in [2.24, 2.45) is 7.05 Å². The Morgan fingerprint density at radius 2 is 1.95 bits per heavy atom. The van der Waals surface area contributed by atoms with E-state index in [1.165, 1.54) is 10.4 Å². The Morgan fingerprint density at radius 3 is 2.64 bits per heavy atom. The lowest BCUT2D eigenvalue weighted by molar-refractivity contribution is 0.384. The Hall–Kier alpha value is -1.01. The Balaban J connectivity index is 2.05. The number of rotatable bonds is 3. The lowest BCUT2D eigenvalue weighted by Gasteiger charge is -2.25. The zero-order valence-electron chi connectivity index (χ0n) is 12.0. The average Bonchev–Trinajstić information content (AvgIpc) is 3.09. The molecule has 0 radical (unpaired) electrons. The molecule has 1 aromatic heterocycles. The quantitative estimate of drug-likeness (QED) is 0.835. The van der Waals surface area contributed by atoms with Gasteiger partial charge in [-0.1, -0.05) is 29.3 Å². The molecule has 1 aromatic carbocycles. The van der Waals surface area contributed by atoms with E-state index < -0.39 is 10.0 Å². The van der Waals surface area contributed by atoms with E-state index in [0.29, 0.717) is 6.54 Å². The van der Waals surface area contributed by atoms with Crippen LogP contribution in [0.15, 0.2) is 41.4 Å². The summed E-state index contributed by atoms with van der Waals surface area (Å²) in [5.74, 6) is 0. The van der Waals surface area contributed by atoms with Gasteiger partial charge in [-0.3, -0.25) is 0 Å². The van der Waals surface area contributed by atoms with Crippen LogP contribution in [0.1, 0.15) is 24.6 Å². The zero-order valence-corrected chi connectivity index (χ0v) is 14.4. The summed E-state index contributed by atoms with van der Waals surface area (Å²) in [5, 5.41) is 0.332. The number of benzene rings is 1. The van der Waals surface area contributed by atoms with Crippen LogP contribution in [0.5, 0.6) is 0 Å². The second-order valence-corrected chi connectivity index (χ2v) is 8.01. The van der Waals surface area contributed by atoms with Crippen LogP contribution >= 0.6 is 23.2 Å². The molecule has 4 nitrogen and oxygen atoms in total. The summed E-state index contributed by atoms with van der Waals surface area (Å²) in [5.41, 5.74) is 0.985. The molecule has 0 unspecified atom stereocenters. The predicted octanol–water partition coefficient (Wildman–Crippen LogP) is 3.86. The number of hydrogen-bond donors (Lipinski definition) is 0. The molecule has 7 heteroatoms. The monoisotopic (exact) mass is 358 g/mol. The van der Waals surface area contributed by atoms with Crippen LogP contribution in [0, 0.1) is 0 Å². The summed E-state index contributed by atoms with van der Waals surface area (Å²) in [6.07, 6.45) is 3.55. The minimum absolute atomic E-state index is 0.0720. The van der Waals surface area contributed by atoms with Crippen molar-refractivity contribution in [3.05, 3.63) is 52.3 Å². The van der Waals surface area contributed by atoms with Gasteiger partial charge in [0, 0.05) is 25.5 Å². The molecular weight excluding hydrogens is 343 g/mol. The van der Waals surface area contributed by atoms with Gasteiger partial charge in [-0.05, 0) is 37.1 Å². The molecular formula is C15H16Cl2N2O2S. The topological polar surface area (TPSA) is 42.3 Å². The highest BCUT2D eigenvalue weighted by molar-refractivity contribution is 7.89. The fourth-order valence-corrected chi connectivity index (χ4v) is 5.36. The third-order valence-corrected chi connectivity index (χ3v) is 6.91. The molecule has 1 atom stereocenters. The van der Waals surface area contributed by atoms with E-state index in [2.05, 4.69) is 0 Å². The van der Waals surface area contributed by atoms with E-state index >= 15 is 0 Å². The van der Waals surface area contributed by atoms with E-state index in [-0.39, 0.29) is 21.0 Å². The molecule has 0 aliphatic carbocycles. The van der Waals surface area contributed by atoms with Gasteiger partial charge >= 0.3 is 0 Å². The van der Waals surface area contributed by atoms with E-state index in [1.54, 1.807) is 12.1 Å². The van der Waals surface area contributed by atoms with Crippen LogP contribution in [0.2, 0.25) is 10.0 Å². The van der Waals surface area contributed by atoms with Gasteiger partial charge in [0.1, 0.15) is 4.90 Å². The molecule has 1 aliphatic rings. The molecule has 0 N–H and O–H groups in total. The highest BCUT2D eigenvalue weighted by Crippen LogP contribution is 2.39. The second kappa shape index (κ2) is 5.89. The molecule has 22 heavy (non-hydrogen) atoms. The first-order valence-electron chi connectivity index (χ1n) is 7.00. The number of sulfonamides is 1. The number of nitrogens with zero attached hydrogens (tertiary/aromatic N) is 2. The molecule has 2 heterocycles. The Labute approximate surface area is 140 Å². The van der Waals surface area contributed by atoms with E-state index in [4.69, 9.17) is 23.2 Å². The van der Waals surface area contributed by atoms with Crippen molar-refractivity contribution >= 4 is 33.2 Å². The van der Waals surface area contributed by atoms with Crippen molar-refractivity contribution in [1.82, 2.24) is 8.87 Å². The summed E-state index contributed by atoms with van der Waals surface area (Å²) in [6.45, 7) is 0.487. The summed E-state index contributed by atoms with van der Waals surface area (Å²) in [6, 6.07) is 8.41. The first-order valence-corrected chi connectivity index (χ1v) is 9.19. The third-order valence-electron chi connectivity index (χ3n) is 4.03. The van der Waals surface area contributed by atoms with Crippen LogP contribution in [-0.4, -0.2) is 23.8 Å². The number of halogens is 2. The first-order chi connectivity index (χ1) is 10.4. The van der Waals surface area contributed by atoms with Crippen molar-refractivity contribution in [3.8, 4) is 0 Å². The number of aromatic nitrogens is 1. The SMILES string of the molecule is Cn1cccc1[C@H]1CCCN1S(=O)(=O)c1cccc(Cl)c1Cl. The maximum atomic E-state index is 13.0. The maximum absolute atomic E-state index is 13.0. The maximum Gasteiger partial charge on any atom is 0.245 e. The smallest absolute Gasteiger partial charge is 0.245 e. The van der Waals surface area contributed by atoms with E-state index in [9.17, 15) is 8.42 Å². The summed E-state index contributed by atoms with van der Waals surface area (Å²) >= 11 is 12.1. The third kappa shape index (κ3) is 2.56. The fourth-order valence-electron chi connectivity index (χ4n) is 2.95. The van der Waals surface area contributed by atoms with Gasteiger partial charge in [0.15, 0.2) is 0 Å². The van der Waals surface area contributed by atoms with Crippen LogP contribution in [0.4, 0.5) is 0 Å². The second-order valence-electron chi connectivity index (χ2n) is 5.37. The standard InChI is InChI=1S/C15H16Cl2N2O2S/c1-18-9-3-6-12(18)13-7-4-10-19(13)22(20,21)14-8-2-5-11(16)15(14)17/h2-3,5-6,8-9,13H,4,7,10H2,1H3/t13-/m1/s1. The molecule has 0 amide bonds. The predicted molar refractivity (Wildman–Crippen MR) is 87.7 cm³/mol.